The van der Waals surface area contributed by atoms with Crippen LogP contribution in [0.1, 0.15) is 10.4 Å². The maximum absolute atomic E-state index is 10.3. The second-order valence-corrected chi connectivity index (χ2v) is 3.26. The quantitative estimate of drug-likeness (QED) is 0.523. The monoisotopic (exact) mass is 180 g/mol. The van der Waals surface area contributed by atoms with Gasteiger partial charge in [-0.15, -0.1) is 11.8 Å². The lowest BCUT2D eigenvalue weighted by Crippen LogP contribution is -1.81. The van der Waals surface area contributed by atoms with Crippen molar-refractivity contribution < 1.29 is 9.59 Å². The van der Waals surface area contributed by atoms with E-state index in [1.807, 2.05) is 12.1 Å². The van der Waals surface area contributed by atoms with Crippen molar-refractivity contribution >= 4 is 24.3 Å². The van der Waals surface area contributed by atoms with Gasteiger partial charge in [-0.3, -0.25) is 4.79 Å². The van der Waals surface area contributed by atoms with E-state index in [2.05, 4.69) is 0 Å². The summed E-state index contributed by atoms with van der Waals surface area (Å²) in [7, 11) is 0. The lowest BCUT2D eigenvalue weighted by atomic mass is 10.2. The first-order chi connectivity index (χ1) is 5.86. The van der Waals surface area contributed by atoms with Crippen molar-refractivity contribution in [3.8, 4) is 0 Å². The summed E-state index contributed by atoms with van der Waals surface area (Å²) in [6.07, 6.45) is 1.66. The molecule has 0 amide bonds. The summed E-state index contributed by atoms with van der Waals surface area (Å²) in [5.74, 6) is 0.459. The third kappa shape index (κ3) is 2.51. The molecule has 2 nitrogen and oxygen atoms in total. The molecule has 0 heterocycles. The van der Waals surface area contributed by atoms with Crippen molar-refractivity contribution in [2.75, 3.05) is 5.75 Å². The molecular weight excluding hydrogens is 172 g/mol. The Morgan fingerprint density at radius 1 is 1.17 bits per heavy atom. The van der Waals surface area contributed by atoms with Gasteiger partial charge in [0.25, 0.3) is 0 Å². The SMILES string of the molecule is O=CCSc1ccc(C=O)cc1. The smallest absolute Gasteiger partial charge is 0.150 e. The van der Waals surface area contributed by atoms with E-state index in [9.17, 15) is 9.59 Å². The molecule has 0 atom stereocenters. The van der Waals surface area contributed by atoms with Crippen molar-refractivity contribution in [2.45, 2.75) is 4.90 Å². The summed E-state index contributed by atoms with van der Waals surface area (Å²) in [5, 5.41) is 0. The first kappa shape index (κ1) is 9.00. The average Bonchev–Trinajstić information content (AvgIpc) is 2.15. The molecule has 0 aromatic heterocycles. The minimum Gasteiger partial charge on any atom is -0.302 e. The van der Waals surface area contributed by atoms with Gasteiger partial charge in [0.2, 0.25) is 0 Å². The minimum absolute atomic E-state index is 0.459. The zero-order valence-electron chi connectivity index (χ0n) is 6.40. The molecule has 0 aliphatic rings. The predicted octanol–water partition coefficient (Wildman–Crippen LogP) is 1.79. The van der Waals surface area contributed by atoms with E-state index in [0.29, 0.717) is 11.3 Å². The van der Waals surface area contributed by atoms with Gasteiger partial charge in [0.15, 0.2) is 0 Å². The molecule has 0 unspecified atom stereocenters. The molecule has 0 saturated carbocycles. The third-order valence-electron chi connectivity index (χ3n) is 1.33. The topological polar surface area (TPSA) is 34.1 Å². The normalized spacial score (nSPS) is 9.33. The summed E-state index contributed by atoms with van der Waals surface area (Å²) < 4.78 is 0. The molecule has 0 N–H and O–H groups in total. The fourth-order valence-corrected chi connectivity index (χ4v) is 1.36. The maximum Gasteiger partial charge on any atom is 0.150 e. The zero-order chi connectivity index (χ0) is 8.81. The van der Waals surface area contributed by atoms with Crippen molar-refractivity contribution in [2.24, 2.45) is 0 Å². The molecule has 0 aliphatic heterocycles. The van der Waals surface area contributed by atoms with Crippen molar-refractivity contribution in [1.29, 1.82) is 0 Å². The predicted molar refractivity (Wildman–Crippen MR) is 48.6 cm³/mol. The Morgan fingerprint density at radius 3 is 2.33 bits per heavy atom. The molecule has 0 spiro atoms. The van der Waals surface area contributed by atoms with E-state index in [0.717, 1.165) is 17.5 Å². The molecule has 62 valence electrons. The standard InChI is InChI=1S/C9H8O2S/c10-5-6-12-9-3-1-8(7-11)2-4-9/h1-5,7H,6H2. The fraction of sp³-hybridized carbons (Fsp3) is 0.111. The van der Waals surface area contributed by atoms with Crippen LogP contribution in [-0.2, 0) is 4.79 Å². The molecule has 0 saturated heterocycles. The second-order valence-electron chi connectivity index (χ2n) is 2.16. The van der Waals surface area contributed by atoms with Crippen LogP contribution in [-0.4, -0.2) is 18.3 Å². The number of hydrogen-bond donors (Lipinski definition) is 0. The summed E-state index contributed by atoms with van der Waals surface area (Å²) in [4.78, 5) is 21.3. The summed E-state index contributed by atoms with van der Waals surface area (Å²) in [5.41, 5.74) is 0.658. The second kappa shape index (κ2) is 4.72. The van der Waals surface area contributed by atoms with Crippen LogP contribution in [0.2, 0.25) is 0 Å². The van der Waals surface area contributed by atoms with Crippen molar-refractivity contribution in [1.82, 2.24) is 0 Å². The third-order valence-corrected chi connectivity index (χ3v) is 2.24. The molecule has 1 aromatic carbocycles. The Balaban J connectivity index is 2.64. The highest BCUT2D eigenvalue weighted by molar-refractivity contribution is 7.99. The van der Waals surface area contributed by atoms with E-state index in [4.69, 9.17) is 0 Å². The first-order valence-electron chi connectivity index (χ1n) is 3.48. The van der Waals surface area contributed by atoms with Crippen molar-refractivity contribution in [3.63, 3.8) is 0 Å². The molecule has 0 radical (unpaired) electrons. The van der Waals surface area contributed by atoms with Crippen LogP contribution in [0.5, 0.6) is 0 Å². The van der Waals surface area contributed by atoms with Crippen LogP contribution in [0.3, 0.4) is 0 Å². The Kier molecular flexibility index (Phi) is 3.54. The van der Waals surface area contributed by atoms with Gasteiger partial charge < -0.3 is 4.79 Å². The van der Waals surface area contributed by atoms with E-state index in [1.165, 1.54) is 11.8 Å². The lowest BCUT2D eigenvalue weighted by molar-refractivity contribution is -0.105. The van der Waals surface area contributed by atoms with Gasteiger partial charge >= 0.3 is 0 Å². The molecule has 3 heteroatoms. The molecule has 12 heavy (non-hydrogen) atoms. The highest BCUT2D eigenvalue weighted by atomic mass is 32.2. The van der Waals surface area contributed by atoms with E-state index < -0.39 is 0 Å². The van der Waals surface area contributed by atoms with Gasteiger partial charge in [0.05, 0.1) is 5.75 Å². The number of aldehydes is 2. The number of carbonyl (C=O) groups is 2. The number of rotatable bonds is 4. The van der Waals surface area contributed by atoms with Crippen LogP contribution in [0, 0.1) is 0 Å². The summed E-state index contributed by atoms with van der Waals surface area (Å²) in [6.45, 7) is 0. The molecule has 1 aromatic rings. The summed E-state index contributed by atoms with van der Waals surface area (Å²) >= 11 is 1.46. The van der Waals surface area contributed by atoms with E-state index in [-0.39, 0.29) is 0 Å². The molecular formula is C9H8O2S. The fourth-order valence-electron chi connectivity index (χ4n) is 0.773. The Bertz CT molecular complexity index is 266. The molecule has 0 bridgehead atoms. The zero-order valence-corrected chi connectivity index (χ0v) is 7.21. The lowest BCUT2D eigenvalue weighted by Gasteiger charge is -1.96. The Morgan fingerprint density at radius 2 is 1.83 bits per heavy atom. The van der Waals surface area contributed by atoms with Gasteiger partial charge in [-0.1, -0.05) is 12.1 Å². The van der Waals surface area contributed by atoms with E-state index in [1.54, 1.807) is 12.1 Å². The Hall–Kier alpha value is -1.09. The number of thioether (sulfide) groups is 1. The average molecular weight is 180 g/mol. The minimum atomic E-state index is 0.459. The van der Waals surface area contributed by atoms with Crippen molar-refractivity contribution in [3.05, 3.63) is 29.8 Å². The van der Waals surface area contributed by atoms with Crippen LogP contribution >= 0.6 is 11.8 Å². The highest BCUT2D eigenvalue weighted by Gasteiger charge is 1.92. The summed E-state index contributed by atoms with van der Waals surface area (Å²) in [6, 6.07) is 7.13. The number of hydrogen-bond acceptors (Lipinski definition) is 3. The molecule has 0 fully saturated rings. The Labute approximate surface area is 75.0 Å². The van der Waals surface area contributed by atoms with Gasteiger partial charge in [-0.2, -0.15) is 0 Å². The number of benzene rings is 1. The number of carbonyl (C=O) groups excluding carboxylic acids is 2. The van der Waals surface area contributed by atoms with Crippen LogP contribution in [0.25, 0.3) is 0 Å². The van der Waals surface area contributed by atoms with Crippen LogP contribution in [0.15, 0.2) is 29.2 Å². The van der Waals surface area contributed by atoms with E-state index >= 15 is 0 Å². The maximum atomic E-state index is 10.3. The van der Waals surface area contributed by atoms with Gasteiger partial charge in [-0.05, 0) is 12.1 Å². The van der Waals surface area contributed by atoms with Gasteiger partial charge in [0.1, 0.15) is 12.6 Å². The van der Waals surface area contributed by atoms with Gasteiger partial charge in [0, 0.05) is 10.5 Å². The van der Waals surface area contributed by atoms with Gasteiger partial charge in [-0.25, -0.2) is 0 Å². The first-order valence-corrected chi connectivity index (χ1v) is 4.47. The van der Waals surface area contributed by atoms with Crippen LogP contribution < -0.4 is 0 Å². The molecule has 1 rings (SSSR count). The largest absolute Gasteiger partial charge is 0.302 e. The molecule has 0 aliphatic carbocycles. The highest BCUT2D eigenvalue weighted by Crippen LogP contribution is 2.16. The van der Waals surface area contributed by atoms with Crippen LogP contribution in [0.4, 0.5) is 0 Å².